The van der Waals surface area contributed by atoms with Gasteiger partial charge in [-0.05, 0) is 19.4 Å². The van der Waals surface area contributed by atoms with E-state index in [0.29, 0.717) is 19.8 Å². The van der Waals surface area contributed by atoms with Crippen LogP contribution in [0.2, 0.25) is 0 Å². The summed E-state index contributed by atoms with van der Waals surface area (Å²) in [5.41, 5.74) is 1.05. The third-order valence-corrected chi connectivity index (χ3v) is 3.17. The van der Waals surface area contributed by atoms with Gasteiger partial charge in [0, 0.05) is 38.9 Å². The number of aliphatic imine (C=N–C) groups is 1. The molecular weight excluding hydrogens is 294 g/mol. The van der Waals surface area contributed by atoms with Gasteiger partial charge in [-0.2, -0.15) is 0 Å². The topological polar surface area (TPSA) is 64.1 Å². The molecule has 0 fully saturated rings. The zero-order valence-corrected chi connectivity index (χ0v) is 14.4. The summed E-state index contributed by atoms with van der Waals surface area (Å²) in [6.45, 7) is 6.18. The van der Waals surface area contributed by atoms with Gasteiger partial charge in [-0.25, -0.2) is 0 Å². The van der Waals surface area contributed by atoms with Crippen molar-refractivity contribution >= 4 is 5.96 Å². The number of para-hydroxylation sites is 1. The van der Waals surface area contributed by atoms with E-state index in [-0.39, 0.29) is 0 Å². The lowest BCUT2D eigenvalue weighted by Crippen LogP contribution is -2.39. The van der Waals surface area contributed by atoms with Crippen LogP contribution in [0.25, 0.3) is 0 Å². The average molecular weight is 323 g/mol. The molecule has 0 heterocycles. The predicted molar refractivity (Wildman–Crippen MR) is 93.1 cm³/mol. The third-order valence-electron chi connectivity index (χ3n) is 3.17. The number of hydrogen-bond donors (Lipinski definition) is 2. The van der Waals surface area contributed by atoms with Crippen molar-refractivity contribution in [1.82, 2.24) is 10.6 Å². The minimum absolute atomic E-state index is 0.534. The Kier molecular flexibility index (Phi) is 10.7. The molecule has 0 radical (unpaired) electrons. The maximum atomic E-state index is 5.67. The van der Waals surface area contributed by atoms with Crippen molar-refractivity contribution in [2.75, 3.05) is 47.1 Å². The van der Waals surface area contributed by atoms with Crippen LogP contribution < -0.4 is 15.4 Å². The van der Waals surface area contributed by atoms with E-state index in [1.165, 1.54) is 0 Å². The Morgan fingerprint density at radius 3 is 2.61 bits per heavy atom. The molecule has 0 saturated carbocycles. The van der Waals surface area contributed by atoms with E-state index < -0.39 is 0 Å². The van der Waals surface area contributed by atoms with Gasteiger partial charge in [0.2, 0.25) is 0 Å². The third kappa shape index (κ3) is 8.42. The zero-order chi connectivity index (χ0) is 16.8. The van der Waals surface area contributed by atoms with Crippen LogP contribution in [0.5, 0.6) is 5.75 Å². The molecule has 6 nitrogen and oxygen atoms in total. The number of nitrogens with zero attached hydrogens (tertiary/aromatic N) is 1. The molecule has 2 N–H and O–H groups in total. The molecule has 1 aromatic carbocycles. The van der Waals surface area contributed by atoms with E-state index in [2.05, 4.69) is 15.6 Å². The highest BCUT2D eigenvalue weighted by Crippen LogP contribution is 2.17. The number of methoxy groups -OCH3 is 1. The van der Waals surface area contributed by atoms with Crippen molar-refractivity contribution in [3.8, 4) is 5.75 Å². The van der Waals surface area contributed by atoms with Crippen LogP contribution in [-0.2, 0) is 16.1 Å². The molecule has 0 aromatic heterocycles. The van der Waals surface area contributed by atoms with E-state index in [9.17, 15) is 0 Å². The van der Waals surface area contributed by atoms with Crippen molar-refractivity contribution in [3.63, 3.8) is 0 Å². The molecule has 0 aliphatic carbocycles. The summed E-state index contributed by atoms with van der Waals surface area (Å²) in [7, 11) is 3.43. The van der Waals surface area contributed by atoms with Gasteiger partial charge in [0.1, 0.15) is 5.75 Å². The van der Waals surface area contributed by atoms with E-state index in [1.807, 2.05) is 31.2 Å². The van der Waals surface area contributed by atoms with Crippen molar-refractivity contribution < 1.29 is 14.2 Å². The fourth-order valence-electron chi connectivity index (χ4n) is 1.99. The highest BCUT2D eigenvalue weighted by Gasteiger charge is 2.01. The Morgan fingerprint density at radius 1 is 1.09 bits per heavy atom. The lowest BCUT2D eigenvalue weighted by molar-refractivity contribution is 0.123. The summed E-state index contributed by atoms with van der Waals surface area (Å²) < 4.78 is 16.3. The first-order valence-corrected chi connectivity index (χ1v) is 8.03. The highest BCUT2D eigenvalue weighted by atomic mass is 16.5. The van der Waals surface area contributed by atoms with E-state index in [4.69, 9.17) is 14.2 Å². The van der Waals surface area contributed by atoms with Gasteiger partial charge in [0.15, 0.2) is 5.96 Å². The van der Waals surface area contributed by atoms with E-state index >= 15 is 0 Å². The molecule has 0 aliphatic heterocycles. The molecule has 0 unspecified atom stereocenters. The van der Waals surface area contributed by atoms with Gasteiger partial charge < -0.3 is 24.8 Å². The van der Waals surface area contributed by atoms with Crippen LogP contribution in [0.15, 0.2) is 29.3 Å². The first-order chi connectivity index (χ1) is 11.3. The molecular formula is C17H29N3O3. The monoisotopic (exact) mass is 323 g/mol. The number of benzene rings is 1. The summed E-state index contributed by atoms with van der Waals surface area (Å²) in [5, 5.41) is 6.46. The first kappa shape index (κ1) is 19.3. The maximum absolute atomic E-state index is 5.67. The summed E-state index contributed by atoms with van der Waals surface area (Å²) in [6, 6.07) is 7.87. The largest absolute Gasteiger partial charge is 0.496 e. The van der Waals surface area contributed by atoms with Crippen LogP contribution in [0.1, 0.15) is 18.9 Å². The first-order valence-electron chi connectivity index (χ1n) is 8.03. The Labute approximate surface area is 139 Å². The standard InChI is InChI=1S/C17H29N3O3/c1-4-22-12-7-10-19-17(18-2)20-11-13-23-14-15-8-5-6-9-16(15)21-3/h5-6,8-9H,4,7,10-14H2,1-3H3,(H2,18,19,20). The Hall–Kier alpha value is -1.79. The van der Waals surface area contributed by atoms with E-state index in [0.717, 1.165) is 43.5 Å². The Morgan fingerprint density at radius 2 is 1.87 bits per heavy atom. The van der Waals surface area contributed by atoms with Crippen molar-refractivity contribution in [2.24, 2.45) is 4.99 Å². The van der Waals surface area contributed by atoms with Gasteiger partial charge in [-0.1, -0.05) is 18.2 Å². The Balaban J connectivity index is 2.13. The summed E-state index contributed by atoms with van der Waals surface area (Å²) in [4.78, 5) is 4.17. The van der Waals surface area contributed by atoms with Gasteiger partial charge in [0.05, 0.1) is 20.3 Å². The quantitative estimate of drug-likeness (QED) is 0.369. The zero-order valence-electron chi connectivity index (χ0n) is 14.4. The highest BCUT2D eigenvalue weighted by molar-refractivity contribution is 5.79. The number of nitrogens with one attached hydrogen (secondary N) is 2. The van der Waals surface area contributed by atoms with Gasteiger partial charge >= 0.3 is 0 Å². The predicted octanol–water partition coefficient (Wildman–Crippen LogP) is 1.80. The van der Waals surface area contributed by atoms with Crippen molar-refractivity contribution in [2.45, 2.75) is 20.0 Å². The summed E-state index contributed by atoms with van der Waals surface area (Å²) in [5.74, 6) is 1.63. The van der Waals surface area contributed by atoms with Crippen molar-refractivity contribution in [1.29, 1.82) is 0 Å². The molecule has 1 aromatic rings. The molecule has 1 rings (SSSR count). The Bertz CT molecular complexity index is 452. The van der Waals surface area contributed by atoms with Crippen LogP contribution in [-0.4, -0.2) is 53.0 Å². The molecule has 0 atom stereocenters. The maximum Gasteiger partial charge on any atom is 0.191 e. The van der Waals surface area contributed by atoms with Crippen LogP contribution in [0.3, 0.4) is 0 Å². The molecule has 0 bridgehead atoms. The smallest absolute Gasteiger partial charge is 0.191 e. The SMILES string of the molecule is CCOCCCNC(=NC)NCCOCc1ccccc1OC. The molecule has 0 spiro atoms. The molecule has 0 amide bonds. The fourth-order valence-corrected chi connectivity index (χ4v) is 1.99. The molecule has 0 saturated heterocycles. The lowest BCUT2D eigenvalue weighted by Gasteiger charge is -2.12. The average Bonchev–Trinajstić information content (AvgIpc) is 2.59. The fraction of sp³-hybridized carbons (Fsp3) is 0.588. The molecule has 0 aliphatic rings. The van der Waals surface area contributed by atoms with Gasteiger partial charge in [-0.3, -0.25) is 4.99 Å². The van der Waals surface area contributed by atoms with Crippen LogP contribution in [0.4, 0.5) is 0 Å². The number of rotatable bonds is 11. The number of guanidine groups is 1. The lowest BCUT2D eigenvalue weighted by atomic mass is 10.2. The normalized spacial score (nSPS) is 11.3. The minimum Gasteiger partial charge on any atom is -0.496 e. The summed E-state index contributed by atoms with van der Waals surface area (Å²) >= 11 is 0. The second kappa shape index (κ2) is 12.7. The second-order valence-electron chi connectivity index (χ2n) is 4.84. The van der Waals surface area contributed by atoms with E-state index in [1.54, 1.807) is 14.2 Å². The van der Waals surface area contributed by atoms with Crippen LogP contribution >= 0.6 is 0 Å². The van der Waals surface area contributed by atoms with Gasteiger partial charge in [-0.15, -0.1) is 0 Å². The molecule has 130 valence electrons. The minimum atomic E-state index is 0.534. The number of ether oxygens (including phenoxy) is 3. The summed E-state index contributed by atoms with van der Waals surface area (Å²) in [6.07, 6.45) is 0.957. The second-order valence-corrected chi connectivity index (χ2v) is 4.84. The van der Waals surface area contributed by atoms with Crippen molar-refractivity contribution in [3.05, 3.63) is 29.8 Å². The molecule has 6 heteroatoms. The molecule has 23 heavy (non-hydrogen) atoms. The van der Waals surface area contributed by atoms with Crippen LogP contribution in [0, 0.1) is 0 Å². The van der Waals surface area contributed by atoms with Gasteiger partial charge in [0.25, 0.3) is 0 Å². The number of hydrogen-bond acceptors (Lipinski definition) is 4.